The Kier molecular flexibility index (Phi) is 5.45. The Morgan fingerprint density at radius 1 is 1.09 bits per heavy atom. The molecule has 4 nitrogen and oxygen atoms in total. The van der Waals surface area contributed by atoms with Gasteiger partial charge in [-0.25, -0.2) is 0 Å². The van der Waals surface area contributed by atoms with E-state index >= 15 is 0 Å². The number of rotatable bonds is 3. The van der Waals surface area contributed by atoms with Gasteiger partial charge in [0.1, 0.15) is 0 Å². The minimum Gasteiger partial charge on any atom is -0.331 e. The van der Waals surface area contributed by atoms with Gasteiger partial charge in [0.25, 0.3) is 0 Å². The van der Waals surface area contributed by atoms with Crippen LogP contribution in [0.1, 0.15) is 29.2 Å². The lowest BCUT2D eigenvalue weighted by atomic mass is 10.1. The standard InChI is InChI=1S/C18H18N4S/c1-12-5-4-6-13(2)17(12)20-18(23)22-21-14(3)16-9-7-15(11-19)8-10-16/h4-10H,1-3H3,(H2,20,22,23)/b21-14-. The molecule has 2 N–H and O–H groups in total. The number of aryl methyl sites for hydroxylation is 2. The van der Waals surface area contributed by atoms with E-state index in [9.17, 15) is 0 Å². The van der Waals surface area contributed by atoms with Crippen molar-refractivity contribution in [1.82, 2.24) is 5.43 Å². The SMILES string of the molecule is C/C(=N/NC(=S)Nc1c(C)cccc1C)c1ccc(C#N)cc1. The van der Waals surface area contributed by atoms with E-state index in [2.05, 4.69) is 21.9 Å². The van der Waals surface area contributed by atoms with Gasteiger partial charge in [-0.05, 0) is 61.8 Å². The number of hydrogen-bond donors (Lipinski definition) is 2. The maximum absolute atomic E-state index is 8.81. The van der Waals surface area contributed by atoms with Crippen LogP contribution in [0, 0.1) is 25.2 Å². The minimum absolute atomic E-state index is 0.440. The summed E-state index contributed by atoms with van der Waals surface area (Å²) in [5.74, 6) is 0. The Hall–Kier alpha value is -2.71. The molecule has 0 aromatic heterocycles. The van der Waals surface area contributed by atoms with E-state index in [1.54, 1.807) is 12.1 Å². The first-order chi connectivity index (χ1) is 11.0. The normalized spacial score (nSPS) is 10.8. The van der Waals surface area contributed by atoms with Crippen LogP contribution in [0.25, 0.3) is 0 Å². The van der Waals surface area contributed by atoms with E-state index in [1.165, 1.54) is 0 Å². The van der Waals surface area contributed by atoms with Crippen molar-refractivity contribution in [3.05, 3.63) is 64.7 Å². The third kappa shape index (κ3) is 4.38. The summed E-state index contributed by atoms with van der Waals surface area (Å²) in [6.45, 7) is 5.95. The predicted octanol–water partition coefficient (Wildman–Crippen LogP) is 3.89. The molecule has 0 aliphatic carbocycles. The summed E-state index contributed by atoms with van der Waals surface area (Å²) >= 11 is 5.29. The van der Waals surface area contributed by atoms with Crippen LogP contribution in [0.4, 0.5) is 5.69 Å². The Labute approximate surface area is 141 Å². The molecule has 0 aliphatic rings. The molecule has 0 radical (unpaired) electrons. The number of anilines is 1. The second-order valence-electron chi connectivity index (χ2n) is 5.22. The van der Waals surface area contributed by atoms with Gasteiger partial charge in [0.05, 0.1) is 17.3 Å². The summed E-state index contributed by atoms with van der Waals surface area (Å²) in [5.41, 5.74) is 8.46. The molecule has 0 amide bonds. The number of hydrazone groups is 1. The zero-order valence-electron chi connectivity index (χ0n) is 13.3. The smallest absolute Gasteiger partial charge is 0.191 e. The summed E-state index contributed by atoms with van der Waals surface area (Å²) in [6.07, 6.45) is 0. The maximum Gasteiger partial charge on any atom is 0.191 e. The Morgan fingerprint density at radius 3 is 2.26 bits per heavy atom. The molecule has 23 heavy (non-hydrogen) atoms. The molecular weight excluding hydrogens is 304 g/mol. The molecule has 0 atom stereocenters. The van der Waals surface area contributed by atoms with Crippen LogP contribution in [-0.4, -0.2) is 10.8 Å². The number of hydrogen-bond acceptors (Lipinski definition) is 3. The third-order valence-electron chi connectivity index (χ3n) is 3.48. The number of nitrogens with one attached hydrogen (secondary N) is 2. The van der Waals surface area contributed by atoms with Crippen LogP contribution in [0.15, 0.2) is 47.6 Å². The van der Waals surface area contributed by atoms with Crippen molar-refractivity contribution in [3.8, 4) is 6.07 Å². The highest BCUT2D eigenvalue weighted by Gasteiger charge is 2.04. The van der Waals surface area contributed by atoms with Gasteiger partial charge in [-0.1, -0.05) is 30.3 Å². The van der Waals surface area contributed by atoms with Gasteiger partial charge in [0, 0.05) is 5.69 Å². The lowest BCUT2D eigenvalue weighted by molar-refractivity contribution is 1.04. The highest BCUT2D eigenvalue weighted by Crippen LogP contribution is 2.19. The van der Waals surface area contributed by atoms with E-state index < -0.39 is 0 Å². The van der Waals surface area contributed by atoms with Crippen LogP contribution in [0.5, 0.6) is 0 Å². The maximum atomic E-state index is 8.81. The van der Waals surface area contributed by atoms with Crippen molar-refractivity contribution in [2.75, 3.05) is 5.32 Å². The lowest BCUT2D eigenvalue weighted by Crippen LogP contribution is -2.25. The van der Waals surface area contributed by atoms with Gasteiger partial charge in [0.15, 0.2) is 5.11 Å². The molecule has 0 bridgehead atoms. The molecule has 0 heterocycles. The molecule has 2 aromatic rings. The Bertz CT molecular complexity index is 765. The molecule has 2 aromatic carbocycles. The summed E-state index contributed by atoms with van der Waals surface area (Å²) in [7, 11) is 0. The summed E-state index contributed by atoms with van der Waals surface area (Å²) < 4.78 is 0. The van der Waals surface area contributed by atoms with Crippen molar-refractivity contribution in [2.24, 2.45) is 5.10 Å². The topological polar surface area (TPSA) is 60.2 Å². The molecule has 0 aliphatic heterocycles. The average Bonchev–Trinajstić information content (AvgIpc) is 2.56. The number of thiocarbonyl (C=S) groups is 1. The Balaban J connectivity index is 2.04. The highest BCUT2D eigenvalue weighted by atomic mass is 32.1. The van der Waals surface area contributed by atoms with Gasteiger partial charge >= 0.3 is 0 Å². The summed E-state index contributed by atoms with van der Waals surface area (Å²) in [4.78, 5) is 0. The number of para-hydroxylation sites is 1. The van der Waals surface area contributed by atoms with E-state index in [1.807, 2.05) is 51.1 Å². The highest BCUT2D eigenvalue weighted by molar-refractivity contribution is 7.80. The monoisotopic (exact) mass is 322 g/mol. The molecule has 5 heteroatoms. The Morgan fingerprint density at radius 2 is 1.70 bits per heavy atom. The predicted molar refractivity (Wildman–Crippen MR) is 98.6 cm³/mol. The zero-order chi connectivity index (χ0) is 16.8. The van der Waals surface area contributed by atoms with Gasteiger partial charge in [-0.15, -0.1) is 0 Å². The fraction of sp³-hybridized carbons (Fsp3) is 0.167. The van der Waals surface area contributed by atoms with Gasteiger partial charge < -0.3 is 5.32 Å². The fourth-order valence-electron chi connectivity index (χ4n) is 2.14. The van der Waals surface area contributed by atoms with Crippen molar-refractivity contribution < 1.29 is 0 Å². The summed E-state index contributed by atoms with van der Waals surface area (Å²) in [5, 5.41) is 16.7. The molecule has 0 spiro atoms. The van der Waals surface area contributed by atoms with Crippen LogP contribution in [-0.2, 0) is 0 Å². The number of nitrogens with zero attached hydrogens (tertiary/aromatic N) is 2. The average molecular weight is 322 g/mol. The molecular formula is C18H18N4S. The first kappa shape index (κ1) is 16.7. The van der Waals surface area contributed by atoms with Crippen molar-refractivity contribution in [2.45, 2.75) is 20.8 Å². The van der Waals surface area contributed by atoms with E-state index in [0.717, 1.165) is 28.1 Å². The van der Waals surface area contributed by atoms with Gasteiger partial charge in [0.2, 0.25) is 0 Å². The second kappa shape index (κ2) is 7.52. The van der Waals surface area contributed by atoms with Crippen LogP contribution < -0.4 is 10.7 Å². The van der Waals surface area contributed by atoms with Gasteiger partial charge in [-0.3, -0.25) is 5.43 Å². The van der Waals surface area contributed by atoms with E-state index in [4.69, 9.17) is 17.5 Å². The van der Waals surface area contributed by atoms with Gasteiger partial charge in [-0.2, -0.15) is 10.4 Å². The fourth-order valence-corrected chi connectivity index (χ4v) is 2.29. The molecule has 0 fully saturated rings. The largest absolute Gasteiger partial charge is 0.331 e. The lowest BCUT2D eigenvalue weighted by Gasteiger charge is -2.13. The molecule has 0 unspecified atom stereocenters. The van der Waals surface area contributed by atoms with Crippen molar-refractivity contribution >= 4 is 28.7 Å². The quantitative estimate of drug-likeness (QED) is 0.511. The minimum atomic E-state index is 0.440. The number of nitriles is 1. The third-order valence-corrected chi connectivity index (χ3v) is 3.67. The van der Waals surface area contributed by atoms with E-state index in [0.29, 0.717) is 10.7 Å². The van der Waals surface area contributed by atoms with E-state index in [-0.39, 0.29) is 0 Å². The second-order valence-corrected chi connectivity index (χ2v) is 5.63. The molecule has 0 saturated heterocycles. The number of benzene rings is 2. The summed E-state index contributed by atoms with van der Waals surface area (Å²) in [6, 6.07) is 15.4. The van der Waals surface area contributed by atoms with Crippen LogP contribution >= 0.6 is 12.2 Å². The molecule has 116 valence electrons. The first-order valence-corrected chi connectivity index (χ1v) is 7.60. The molecule has 0 saturated carbocycles. The van der Waals surface area contributed by atoms with Crippen molar-refractivity contribution in [3.63, 3.8) is 0 Å². The molecule has 2 rings (SSSR count). The van der Waals surface area contributed by atoms with Crippen LogP contribution in [0.3, 0.4) is 0 Å². The van der Waals surface area contributed by atoms with Crippen molar-refractivity contribution in [1.29, 1.82) is 5.26 Å². The first-order valence-electron chi connectivity index (χ1n) is 7.19. The zero-order valence-corrected chi connectivity index (χ0v) is 14.2. The van der Waals surface area contributed by atoms with Crippen LogP contribution in [0.2, 0.25) is 0 Å².